The van der Waals surface area contributed by atoms with Crippen molar-refractivity contribution in [3.63, 3.8) is 0 Å². The van der Waals surface area contributed by atoms with Gasteiger partial charge in [-0.25, -0.2) is 19.6 Å². The molecule has 4 N–H and O–H groups in total. The minimum Gasteiger partial charge on any atom is -0.507 e. The van der Waals surface area contributed by atoms with E-state index in [1.54, 1.807) is 60.7 Å². The predicted molar refractivity (Wildman–Crippen MR) is 199 cm³/mol. The van der Waals surface area contributed by atoms with Crippen molar-refractivity contribution in [3.05, 3.63) is 132 Å². The number of nitrogens with zero attached hydrogens (tertiary/aromatic N) is 4. The molecule has 0 unspecified atom stereocenters. The van der Waals surface area contributed by atoms with Gasteiger partial charge in [-0.05, 0) is 107 Å². The molecule has 13 nitrogen and oxygen atoms in total. The van der Waals surface area contributed by atoms with Crippen LogP contribution in [-0.4, -0.2) is 52.5 Å². The Balaban J connectivity index is 1.05. The topological polar surface area (TPSA) is 206 Å². The molecule has 0 radical (unpaired) electrons. The summed E-state index contributed by atoms with van der Waals surface area (Å²) in [7, 11) is 0. The Morgan fingerprint density at radius 1 is 0.436 bits per heavy atom. The standard InChI is InChI=1S/C42H24N4O9/c47-33-19-21(9-15-27(33)39-43-31-5-1-3-7-35(31)53-39)29-17-23(11-13-25(29)41(49)50)37-45-46-38(55-37)24-12-14-26(42(51)52)30(18-24)22-10-16-28(34(48)20-22)40-44-32-6-2-4-8-36(32)54-40/h1-20,47-48H,(H,49,50)(H,51,52). The second-order valence-corrected chi connectivity index (χ2v) is 12.5. The highest BCUT2D eigenvalue weighted by Crippen LogP contribution is 2.39. The molecule has 3 aromatic heterocycles. The van der Waals surface area contributed by atoms with Gasteiger partial charge in [0, 0.05) is 11.1 Å². The summed E-state index contributed by atoms with van der Waals surface area (Å²) in [5.41, 5.74) is 5.10. The zero-order chi connectivity index (χ0) is 37.8. The number of carbonyl (C=O) groups is 2. The van der Waals surface area contributed by atoms with E-state index in [4.69, 9.17) is 13.3 Å². The molecule has 0 atom stereocenters. The smallest absolute Gasteiger partial charge is 0.336 e. The molecular formula is C42H24N4O9. The number of rotatable bonds is 8. The van der Waals surface area contributed by atoms with Crippen LogP contribution in [0, 0.1) is 0 Å². The molecule has 0 saturated carbocycles. The molecule has 9 aromatic rings. The minimum atomic E-state index is -1.19. The van der Waals surface area contributed by atoms with E-state index in [2.05, 4.69) is 20.2 Å². The average Bonchev–Trinajstić information content (AvgIpc) is 3.96. The van der Waals surface area contributed by atoms with E-state index in [9.17, 15) is 30.0 Å². The van der Waals surface area contributed by atoms with Crippen molar-refractivity contribution in [2.45, 2.75) is 0 Å². The highest BCUT2D eigenvalue weighted by molar-refractivity contribution is 5.99. The van der Waals surface area contributed by atoms with Crippen LogP contribution in [0.4, 0.5) is 0 Å². The number of aromatic hydroxyl groups is 2. The van der Waals surface area contributed by atoms with Crippen molar-refractivity contribution < 1.29 is 43.3 Å². The van der Waals surface area contributed by atoms with Crippen LogP contribution < -0.4 is 0 Å². The first-order valence-corrected chi connectivity index (χ1v) is 16.7. The number of hydrogen-bond donors (Lipinski definition) is 4. The second kappa shape index (κ2) is 12.9. The fourth-order valence-electron chi connectivity index (χ4n) is 6.40. The second-order valence-electron chi connectivity index (χ2n) is 12.5. The van der Waals surface area contributed by atoms with Gasteiger partial charge in [-0.1, -0.05) is 36.4 Å². The van der Waals surface area contributed by atoms with Crippen LogP contribution in [0.2, 0.25) is 0 Å². The number of hydrogen-bond acceptors (Lipinski definition) is 11. The normalized spacial score (nSPS) is 11.3. The van der Waals surface area contributed by atoms with Gasteiger partial charge in [0.25, 0.3) is 0 Å². The largest absolute Gasteiger partial charge is 0.507 e. The number of para-hydroxylation sites is 4. The summed E-state index contributed by atoms with van der Waals surface area (Å²) >= 11 is 0. The molecule has 0 saturated heterocycles. The number of benzene rings is 6. The lowest BCUT2D eigenvalue weighted by atomic mass is 9.95. The number of phenolic OH excluding ortho intramolecular Hbond substituents is 2. The number of carboxylic acids is 2. The minimum absolute atomic E-state index is 0.0308. The molecule has 13 heteroatoms. The van der Waals surface area contributed by atoms with Gasteiger partial charge in [0.1, 0.15) is 22.5 Å². The maximum absolute atomic E-state index is 12.3. The molecule has 266 valence electrons. The van der Waals surface area contributed by atoms with Crippen molar-refractivity contribution in [2.24, 2.45) is 0 Å². The van der Waals surface area contributed by atoms with Gasteiger partial charge in [0.15, 0.2) is 11.2 Å². The Morgan fingerprint density at radius 3 is 1.25 bits per heavy atom. The first-order valence-electron chi connectivity index (χ1n) is 16.7. The average molecular weight is 729 g/mol. The first-order chi connectivity index (χ1) is 26.7. The van der Waals surface area contributed by atoms with Crippen molar-refractivity contribution in [1.82, 2.24) is 20.2 Å². The van der Waals surface area contributed by atoms with Crippen molar-refractivity contribution in [2.75, 3.05) is 0 Å². The SMILES string of the molecule is O=C(O)c1ccc(-c2nnc(-c3ccc(C(=O)O)c(-c4ccc(-c5nc6ccccc6o5)c(O)c4)c3)o2)cc1-c1ccc(-c2nc3ccccc3o2)c(O)c1. The van der Waals surface area contributed by atoms with Crippen molar-refractivity contribution in [1.29, 1.82) is 0 Å². The van der Waals surface area contributed by atoms with Crippen LogP contribution in [0.25, 0.3) is 90.3 Å². The molecule has 6 aromatic carbocycles. The van der Waals surface area contributed by atoms with Crippen molar-refractivity contribution >= 4 is 34.1 Å². The Labute approximate surface area is 309 Å². The molecule has 0 aliphatic rings. The molecular weight excluding hydrogens is 704 g/mol. The molecule has 9 rings (SSSR count). The van der Waals surface area contributed by atoms with Gasteiger partial charge < -0.3 is 33.7 Å². The van der Waals surface area contributed by atoms with E-state index in [1.807, 2.05) is 24.3 Å². The molecule has 0 spiro atoms. The maximum atomic E-state index is 12.3. The summed E-state index contributed by atoms with van der Waals surface area (Å²) in [6, 6.07) is 32.7. The molecule has 0 amide bonds. The summed E-state index contributed by atoms with van der Waals surface area (Å²) in [6.45, 7) is 0. The first kappa shape index (κ1) is 32.8. The van der Waals surface area contributed by atoms with Gasteiger partial charge >= 0.3 is 11.9 Å². The Morgan fingerprint density at radius 2 is 0.855 bits per heavy atom. The summed E-state index contributed by atoms with van der Waals surface area (Å²) in [4.78, 5) is 33.4. The Hall–Kier alpha value is -8.06. The van der Waals surface area contributed by atoms with E-state index in [-0.39, 0.29) is 57.3 Å². The summed E-state index contributed by atoms with van der Waals surface area (Å²) in [5, 5.41) is 50.4. The molecule has 0 aliphatic carbocycles. The number of carboxylic acid groups (broad SMARTS) is 2. The van der Waals surface area contributed by atoms with Crippen LogP contribution >= 0.6 is 0 Å². The zero-order valence-electron chi connectivity index (χ0n) is 28.2. The molecule has 3 heterocycles. The highest BCUT2D eigenvalue weighted by Gasteiger charge is 2.22. The molecule has 0 fully saturated rings. The Kier molecular flexibility index (Phi) is 7.67. The number of fused-ring (bicyclic) bond motifs is 2. The lowest BCUT2D eigenvalue weighted by molar-refractivity contribution is 0.0687. The van der Waals surface area contributed by atoms with Gasteiger partial charge in [0.2, 0.25) is 23.6 Å². The number of aromatic nitrogens is 4. The van der Waals surface area contributed by atoms with Gasteiger partial charge in [0.05, 0.1) is 22.3 Å². The van der Waals surface area contributed by atoms with Crippen LogP contribution in [-0.2, 0) is 0 Å². The van der Waals surface area contributed by atoms with Gasteiger partial charge in [-0.2, -0.15) is 0 Å². The van der Waals surface area contributed by atoms with Crippen LogP contribution in [0.3, 0.4) is 0 Å². The molecule has 0 aliphatic heterocycles. The van der Waals surface area contributed by atoms with Gasteiger partial charge in [-0.3, -0.25) is 0 Å². The lowest BCUT2D eigenvalue weighted by Crippen LogP contribution is -2.00. The fraction of sp³-hybridized carbons (Fsp3) is 0. The lowest BCUT2D eigenvalue weighted by Gasteiger charge is -2.10. The van der Waals surface area contributed by atoms with E-state index in [0.29, 0.717) is 55.6 Å². The zero-order valence-corrected chi connectivity index (χ0v) is 28.2. The van der Waals surface area contributed by atoms with Crippen LogP contribution in [0.15, 0.2) is 135 Å². The van der Waals surface area contributed by atoms with Crippen LogP contribution in [0.1, 0.15) is 20.7 Å². The third-order valence-electron chi connectivity index (χ3n) is 9.08. The van der Waals surface area contributed by atoms with Crippen LogP contribution in [0.5, 0.6) is 11.5 Å². The van der Waals surface area contributed by atoms with Gasteiger partial charge in [-0.15, -0.1) is 10.2 Å². The molecule has 55 heavy (non-hydrogen) atoms. The summed E-state index contributed by atoms with van der Waals surface area (Å²) in [5.74, 6) is -2.16. The highest BCUT2D eigenvalue weighted by atomic mass is 16.4. The quantitative estimate of drug-likeness (QED) is 0.115. The van der Waals surface area contributed by atoms with E-state index in [0.717, 1.165) is 0 Å². The number of aromatic carboxylic acids is 2. The monoisotopic (exact) mass is 728 g/mol. The number of phenols is 2. The third kappa shape index (κ3) is 5.87. The van der Waals surface area contributed by atoms with E-state index >= 15 is 0 Å². The summed E-state index contributed by atoms with van der Waals surface area (Å²) in [6.07, 6.45) is 0. The molecule has 0 bridgehead atoms. The number of oxazole rings is 2. The van der Waals surface area contributed by atoms with E-state index in [1.165, 1.54) is 36.4 Å². The third-order valence-corrected chi connectivity index (χ3v) is 9.08. The fourth-order valence-corrected chi connectivity index (χ4v) is 6.40. The Bertz CT molecular complexity index is 2730. The van der Waals surface area contributed by atoms with E-state index < -0.39 is 11.9 Å². The summed E-state index contributed by atoms with van der Waals surface area (Å²) < 4.78 is 17.7. The maximum Gasteiger partial charge on any atom is 0.336 e. The van der Waals surface area contributed by atoms with Crippen molar-refractivity contribution in [3.8, 4) is 79.6 Å². The predicted octanol–water partition coefficient (Wildman–Crippen LogP) is 9.16.